The van der Waals surface area contributed by atoms with E-state index in [1.165, 1.54) is 12.3 Å². The number of pyridine rings is 1. The van der Waals surface area contributed by atoms with Crippen LogP contribution in [0.15, 0.2) is 42.6 Å². The molecule has 9 heteroatoms. The van der Waals surface area contributed by atoms with Crippen molar-refractivity contribution < 1.29 is 22.8 Å². The Morgan fingerprint density at radius 1 is 1.14 bits per heavy atom. The molecule has 0 spiro atoms. The average Bonchev–Trinajstić information content (AvgIpc) is 3.10. The van der Waals surface area contributed by atoms with E-state index in [2.05, 4.69) is 15.6 Å². The number of benzene rings is 1. The zero-order valence-electron chi connectivity index (χ0n) is 15.6. The van der Waals surface area contributed by atoms with Crippen molar-refractivity contribution in [2.45, 2.75) is 25.6 Å². The largest absolute Gasteiger partial charge is 0.419 e. The summed E-state index contributed by atoms with van der Waals surface area (Å²) in [6, 6.07) is 9.09. The minimum absolute atomic E-state index is 0.0982. The molecule has 29 heavy (non-hydrogen) atoms. The van der Waals surface area contributed by atoms with Gasteiger partial charge in [0.15, 0.2) is 0 Å². The maximum Gasteiger partial charge on any atom is 0.419 e. The van der Waals surface area contributed by atoms with E-state index in [1.807, 2.05) is 0 Å². The quantitative estimate of drug-likeness (QED) is 0.693. The van der Waals surface area contributed by atoms with E-state index in [1.54, 1.807) is 29.2 Å². The molecule has 2 amide bonds. The standard InChI is InChI=1S/C20H21F3N4O2/c21-20(22,23)16-3-1-9-24-18(16)25-10-11-26-19(29)15-7-5-14(6-8-15)13-27-12-2-4-17(27)28/h1,3,5-9H,2,4,10-13H2,(H,24,25)(H,26,29). The molecule has 1 aliphatic rings. The van der Waals surface area contributed by atoms with Crippen LogP contribution in [0.1, 0.15) is 34.3 Å². The van der Waals surface area contributed by atoms with E-state index in [4.69, 9.17) is 0 Å². The number of nitrogens with one attached hydrogen (secondary N) is 2. The molecular formula is C20H21F3N4O2. The summed E-state index contributed by atoms with van der Waals surface area (Å²) in [6.45, 7) is 1.51. The van der Waals surface area contributed by atoms with Crippen LogP contribution in [0.2, 0.25) is 0 Å². The summed E-state index contributed by atoms with van der Waals surface area (Å²) in [5.41, 5.74) is 0.530. The lowest BCUT2D eigenvalue weighted by Gasteiger charge is -2.15. The Hall–Kier alpha value is -3.10. The van der Waals surface area contributed by atoms with Gasteiger partial charge in [0.2, 0.25) is 5.91 Å². The second-order valence-corrected chi connectivity index (χ2v) is 6.70. The second-order valence-electron chi connectivity index (χ2n) is 6.70. The molecule has 154 valence electrons. The Morgan fingerprint density at radius 3 is 2.55 bits per heavy atom. The summed E-state index contributed by atoms with van der Waals surface area (Å²) < 4.78 is 38.8. The molecule has 0 bridgehead atoms. The van der Waals surface area contributed by atoms with Crippen LogP contribution >= 0.6 is 0 Å². The Bertz CT molecular complexity index is 869. The smallest absolute Gasteiger partial charge is 0.368 e. The number of anilines is 1. The van der Waals surface area contributed by atoms with Gasteiger partial charge in [0.25, 0.3) is 5.91 Å². The number of likely N-dealkylation sites (tertiary alicyclic amines) is 1. The molecule has 1 aromatic heterocycles. The number of alkyl halides is 3. The normalized spacial score (nSPS) is 14.2. The minimum Gasteiger partial charge on any atom is -0.368 e. The number of carbonyl (C=O) groups excluding carboxylic acids is 2. The maximum absolute atomic E-state index is 12.9. The lowest BCUT2D eigenvalue weighted by Crippen LogP contribution is -2.29. The Kier molecular flexibility index (Phi) is 6.36. The number of nitrogens with zero attached hydrogens (tertiary/aromatic N) is 2. The van der Waals surface area contributed by atoms with E-state index in [-0.39, 0.29) is 30.7 Å². The molecule has 0 unspecified atom stereocenters. The van der Waals surface area contributed by atoms with Crippen LogP contribution in [0.3, 0.4) is 0 Å². The third-order valence-electron chi connectivity index (χ3n) is 4.58. The van der Waals surface area contributed by atoms with Gasteiger partial charge in [-0.05, 0) is 36.2 Å². The first kappa shape index (κ1) is 20.6. The summed E-state index contributed by atoms with van der Waals surface area (Å²) in [4.78, 5) is 29.3. The number of rotatable bonds is 7. The number of hydrogen-bond donors (Lipinski definition) is 2. The van der Waals surface area contributed by atoms with Crippen LogP contribution in [-0.4, -0.2) is 41.3 Å². The predicted octanol–water partition coefficient (Wildman–Crippen LogP) is 3.06. The molecule has 0 saturated carbocycles. The second kappa shape index (κ2) is 8.93. The highest BCUT2D eigenvalue weighted by Gasteiger charge is 2.33. The number of amides is 2. The van der Waals surface area contributed by atoms with Gasteiger partial charge in [-0.2, -0.15) is 13.2 Å². The Balaban J connectivity index is 1.47. The summed E-state index contributed by atoms with van der Waals surface area (Å²) >= 11 is 0. The molecule has 2 aromatic rings. The van der Waals surface area contributed by atoms with Crippen molar-refractivity contribution in [1.82, 2.24) is 15.2 Å². The van der Waals surface area contributed by atoms with E-state index in [0.717, 1.165) is 24.6 Å². The highest BCUT2D eigenvalue weighted by atomic mass is 19.4. The number of halogens is 3. The fourth-order valence-corrected chi connectivity index (χ4v) is 3.09. The van der Waals surface area contributed by atoms with Crippen LogP contribution in [0.25, 0.3) is 0 Å². The highest BCUT2D eigenvalue weighted by Crippen LogP contribution is 2.33. The maximum atomic E-state index is 12.9. The SMILES string of the molecule is O=C(NCCNc1ncccc1C(F)(F)F)c1ccc(CN2CCCC2=O)cc1. The van der Waals surface area contributed by atoms with Crippen molar-refractivity contribution in [1.29, 1.82) is 0 Å². The lowest BCUT2D eigenvalue weighted by atomic mass is 10.1. The monoisotopic (exact) mass is 406 g/mol. The van der Waals surface area contributed by atoms with Crippen molar-refractivity contribution in [2.24, 2.45) is 0 Å². The number of carbonyl (C=O) groups is 2. The van der Waals surface area contributed by atoms with Gasteiger partial charge in [0.1, 0.15) is 5.82 Å². The molecule has 2 heterocycles. The van der Waals surface area contributed by atoms with Gasteiger partial charge in [-0.15, -0.1) is 0 Å². The first-order valence-corrected chi connectivity index (χ1v) is 9.25. The van der Waals surface area contributed by atoms with Gasteiger partial charge in [-0.25, -0.2) is 4.98 Å². The third kappa shape index (κ3) is 5.46. The Morgan fingerprint density at radius 2 is 1.90 bits per heavy atom. The lowest BCUT2D eigenvalue weighted by molar-refractivity contribution is -0.137. The average molecular weight is 406 g/mol. The molecule has 0 atom stereocenters. The summed E-state index contributed by atoms with van der Waals surface area (Å²) in [6.07, 6.45) is -1.78. The summed E-state index contributed by atoms with van der Waals surface area (Å²) in [7, 11) is 0. The molecule has 6 nitrogen and oxygen atoms in total. The molecule has 0 radical (unpaired) electrons. The van der Waals surface area contributed by atoms with Gasteiger partial charge in [-0.1, -0.05) is 12.1 Å². The van der Waals surface area contributed by atoms with Crippen molar-refractivity contribution in [3.8, 4) is 0 Å². The fourth-order valence-electron chi connectivity index (χ4n) is 3.09. The van der Waals surface area contributed by atoms with E-state index in [0.29, 0.717) is 18.5 Å². The van der Waals surface area contributed by atoms with Gasteiger partial charge < -0.3 is 15.5 Å². The molecule has 1 saturated heterocycles. The molecule has 1 aromatic carbocycles. The zero-order valence-corrected chi connectivity index (χ0v) is 15.6. The van der Waals surface area contributed by atoms with Crippen molar-refractivity contribution in [2.75, 3.05) is 25.0 Å². The van der Waals surface area contributed by atoms with Crippen LogP contribution in [0.4, 0.5) is 19.0 Å². The Labute approximate surface area is 166 Å². The summed E-state index contributed by atoms with van der Waals surface area (Å²) in [5, 5.41) is 5.25. The van der Waals surface area contributed by atoms with E-state index in [9.17, 15) is 22.8 Å². The van der Waals surface area contributed by atoms with Crippen molar-refractivity contribution >= 4 is 17.6 Å². The van der Waals surface area contributed by atoms with Crippen LogP contribution < -0.4 is 10.6 Å². The number of aromatic nitrogens is 1. The van der Waals surface area contributed by atoms with Crippen LogP contribution in [-0.2, 0) is 17.5 Å². The first-order valence-electron chi connectivity index (χ1n) is 9.25. The van der Waals surface area contributed by atoms with E-state index < -0.39 is 11.7 Å². The van der Waals surface area contributed by atoms with Crippen molar-refractivity contribution in [3.05, 3.63) is 59.3 Å². The minimum atomic E-state index is -4.50. The van der Waals surface area contributed by atoms with Gasteiger partial charge >= 0.3 is 6.18 Å². The third-order valence-corrected chi connectivity index (χ3v) is 4.58. The fraction of sp³-hybridized carbons (Fsp3) is 0.350. The first-order chi connectivity index (χ1) is 13.8. The molecule has 3 rings (SSSR count). The topological polar surface area (TPSA) is 74.3 Å². The number of hydrogen-bond acceptors (Lipinski definition) is 4. The van der Waals surface area contributed by atoms with Crippen LogP contribution in [0.5, 0.6) is 0 Å². The van der Waals surface area contributed by atoms with Crippen LogP contribution in [0, 0.1) is 0 Å². The molecule has 0 aliphatic carbocycles. The van der Waals surface area contributed by atoms with Gasteiger partial charge in [0, 0.05) is 44.4 Å². The molecular weight excluding hydrogens is 385 g/mol. The molecule has 1 aliphatic heterocycles. The predicted molar refractivity (Wildman–Crippen MR) is 101 cm³/mol. The highest BCUT2D eigenvalue weighted by molar-refractivity contribution is 5.94. The molecule has 2 N–H and O–H groups in total. The van der Waals surface area contributed by atoms with E-state index >= 15 is 0 Å². The van der Waals surface area contributed by atoms with Gasteiger partial charge in [-0.3, -0.25) is 9.59 Å². The molecule has 1 fully saturated rings. The van der Waals surface area contributed by atoms with Crippen molar-refractivity contribution in [3.63, 3.8) is 0 Å². The zero-order chi connectivity index (χ0) is 20.9. The van der Waals surface area contributed by atoms with Gasteiger partial charge in [0.05, 0.1) is 5.56 Å². The summed E-state index contributed by atoms with van der Waals surface area (Å²) in [5.74, 6) is -0.455.